The van der Waals surface area contributed by atoms with E-state index in [1.165, 1.54) is 0 Å². The summed E-state index contributed by atoms with van der Waals surface area (Å²) in [6.07, 6.45) is 0.466. The van der Waals surface area contributed by atoms with Crippen LogP contribution in [0.15, 0.2) is 65.2 Å². The third kappa shape index (κ3) is 3.07. The molecule has 0 fully saturated rings. The lowest BCUT2D eigenvalue weighted by atomic mass is 9.73. The number of anilines is 2. The first-order chi connectivity index (χ1) is 13.5. The molecule has 3 aromatic rings. The number of amides is 2. The van der Waals surface area contributed by atoms with Crippen molar-refractivity contribution in [3.8, 4) is 0 Å². The van der Waals surface area contributed by atoms with Crippen LogP contribution in [-0.4, -0.2) is 24.0 Å². The molecule has 0 radical (unpaired) electrons. The molecular formula is C22H21N3O3. The highest BCUT2D eigenvalue weighted by Gasteiger charge is 2.50. The number of rotatable bonds is 5. The lowest BCUT2D eigenvalue weighted by molar-refractivity contribution is -0.127. The molecule has 2 aromatic carbocycles. The quantitative estimate of drug-likeness (QED) is 0.741. The molecule has 1 aliphatic heterocycles. The van der Waals surface area contributed by atoms with Crippen LogP contribution >= 0.6 is 0 Å². The van der Waals surface area contributed by atoms with Gasteiger partial charge in [-0.15, -0.1) is 0 Å². The van der Waals surface area contributed by atoms with Crippen LogP contribution in [-0.2, 0) is 21.4 Å². The number of para-hydroxylation sites is 1. The van der Waals surface area contributed by atoms with Gasteiger partial charge in [-0.3, -0.25) is 9.59 Å². The molecule has 2 heterocycles. The summed E-state index contributed by atoms with van der Waals surface area (Å²) in [6.45, 7) is 1.76. The van der Waals surface area contributed by atoms with E-state index >= 15 is 0 Å². The summed E-state index contributed by atoms with van der Waals surface area (Å²) in [4.78, 5) is 27.9. The molecule has 1 aromatic heterocycles. The number of carbonyl (C=O) groups excluding carboxylic acids is 2. The number of aromatic nitrogens is 1. The fourth-order valence-electron chi connectivity index (χ4n) is 3.95. The average molecular weight is 375 g/mol. The second-order valence-corrected chi connectivity index (χ2v) is 7.17. The Labute approximate surface area is 163 Å². The van der Waals surface area contributed by atoms with Gasteiger partial charge in [-0.25, -0.2) is 0 Å². The summed E-state index contributed by atoms with van der Waals surface area (Å²) in [7, 11) is 1.76. The summed E-state index contributed by atoms with van der Waals surface area (Å²) in [5.41, 5.74) is 1.76. The van der Waals surface area contributed by atoms with Crippen molar-refractivity contribution in [2.24, 2.45) is 0 Å². The second kappa shape index (κ2) is 6.96. The second-order valence-electron chi connectivity index (χ2n) is 7.17. The predicted octanol–water partition coefficient (Wildman–Crippen LogP) is 3.47. The van der Waals surface area contributed by atoms with Crippen molar-refractivity contribution in [2.45, 2.75) is 25.2 Å². The molecule has 0 saturated carbocycles. The Bertz CT molecular complexity index is 1030. The topological polar surface area (TPSA) is 75.4 Å². The highest BCUT2D eigenvalue weighted by molar-refractivity contribution is 6.10. The molecule has 28 heavy (non-hydrogen) atoms. The van der Waals surface area contributed by atoms with Crippen molar-refractivity contribution in [2.75, 3.05) is 17.3 Å². The van der Waals surface area contributed by atoms with Crippen molar-refractivity contribution in [3.05, 3.63) is 77.6 Å². The minimum atomic E-state index is -0.963. The number of nitrogens with one attached hydrogen (secondary N) is 1. The minimum absolute atomic E-state index is 0.0218. The van der Waals surface area contributed by atoms with Crippen LogP contribution in [0.3, 0.4) is 0 Å². The minimum Gasteiger partial charge on any atom is -0.360 e. The van der Waals surface area contributed by atoms with E-state index in [0.29, 0.717) is 18.0 Å². The van der Waals surface area contributed by atoms with Gasteiger partial charge >= 0.3 is 0 Å². The fraction of sp³-hybridized carbons (Fsp3) is 0.227. The van der Waals surface area contributed by atoms with Crippen LogP contribution in [0.4, 0.5) is 11.5 Å². The average Bonchev–Trinajstić information content (AvgIpc) is 3.18. The summed E-state index contributed by atoms with van der Waals surface area (Å²) in [5.74, 6) is 0.604. The molecule has 0 bridgehead atoms. The van der Waals surface area contributed by atoms with Crippen LogP contribution < -0.4 is 10.2 Å². The number of nitrogens with zero attached hydrogens (tertiary/aromatic N) is 2. The largest absolute Gasteiger partial charge is 0.360 e. The maximum atomic E-state index is 13.4. The standard InChI is InChI=1S/C22H21N3O3/c1-15-12-19(24-28-15)23-20(26)14-22(13-16-8-4-3-5-9-16)17-10-6-7-11-18(17)25(2)21(22)27/h3-12H,13-14H2,1-2H3,(H,23,24,26). The molecule has 0 saturated heterocycles. The van der Waals surface area contributed by atoms with Crippen LogP contribution in [0, 0.1) is 6.92 Å². The number of carbonyl (C=O) groups is 2. The number of fused-ring (bicyclic) bond motifs is 1. The van der Waals surface area contributed by atoms with Crippen molar-refractivity contribution >= 4 is 23.3 Å². The number of aryl methyl sites for hydroxylation is 1. The number of hydrogen-bond acceptors (Lipinski definition) is 4. The Morgan fingerprint density at radius 1 is 1.14 bits per heavy atom. The van der Waals surface area contributed by atoms with Gasteiger partial charge in [0.05, 0.1) is 5.41 Å². The lowest BCUT2D eigenvalue weighted by Crippen LogP contribution is -2.43. The van der Waals surface area contributed by atoms with E-state index in [1.807, 2.05) is 54.6 Å². The number of likely N-dealkylation sites (N-methyl/N-ethyl adjacent to an activating group) is 1. The molecule has 1 atom stereocenters. The monoisotopic (exact) mass is 375 g/mol. The van der Waals surface area contributed by atoms with Gasteiger partial charge in [0, 0.05) is 25.2 Å². The molecule has 0 aliphatic carbocycles. The van der Waals surface area contributed by atoms with E-state index in [4.69, 9.17) is 4.52 Å². The molecule has 2 amide bonds. The van der Waals surface area contributed by atoms with E-state index in [1.54, 1.807) is 24.9 Å². The van der Waals surface area contributed by atoms with Gasteiger partial charge in [0.25, 0.3) is 0 Å². The van der Waals surface area contributed by atoms with Crippen molar-refractivity contribution < 1.29 is 14.1 Å². The SMILES string of the molecule is Cc1cc(NC(=O)CC2(Cc3ccccc3)C(=O)N(C)c3ccccc32)no1. The molecule has 6 heteroatoms. The van der Waals surface area contributed by atoms with Gasteiger partial charge in [0.1, 0.15) is 5.76 Å². The zero-order valence-corrected chi connectivity index (χ0v) is 15.8. The van der Waals surface area contributed by atoms with Crippen LogP contribution in [0.5, 0.6) is 0 Å². The Morgan fingerprint density at radius 2 is 1.86 bits per heavy atom. The zero-order chi connectivity index (χ0) is 19.7. The van der Waals surface area contributed by atoms with Crippen LogP contribution in [0.2, 0.25) is 0 Å². The predicted molar refractivity (Wildman–Crippen MR) is 106 cm³/mol. The summed E-state index contributed by atoms with van der Waals surface area (Å²) < 4.78 is 5.01. The van der Waals surface area contributed by atoms with E-state index in [2.05, 4.69) is 10.5 Å². The van der Waals surface area contributed by atoms with E-state index in [-0.39, 0.29) is 18.2 Å². The smallest absolute Gasteiger partial charge is 0.238 e. The molecule has 1 unspecified atom stereocenters. The highest BCUT2D eigenvalue weighted by atomic mass is 16.5. The van der Waals surface area contributed by atoms with Crippen molar-refractivity contribution in [1.29, 1.82) is 0 Å². The number of hydrogen-bond donors (Lipinski definition) is 1. The third-order valence-electron chi connectivity index (χ3n) is 5.20. The number of benzene rings is 2. The van der Waals surface area contributed by atoms with E-state index in [9.17, 15) is 9.59 Å². The van der Waals surface area contributed by atoms with E-state index < -0.39 is 5.41 Å². The lowest BCUT2D eigenvalue weighted by Gasteiger charge is -2.28. The molecule has 6 nitrogen and oxygen atoms in total. The van der Waals surface area contributed by atoms with Gasteiger partial charge < -0.3 is 14.7 Å². The molecule has 142 valence electrons. The van der Waals surface area contributed by atoms with Gasteiger partial charge in [-0.1, -0.05) is 53.7 Å². The maximum Gasteiger partial charge on any atom is 0.238 e. The summed E-state index contributed by atoms with van der Waals surface area (Å²) in [5, 5.41) is 6.56. The van der Waals surface area contributed by atoms with Crippen molar-refractivity contribution in [1.82, 2.24) is 5.16 Å². The molecule has 4 rings (SSSR count). The Balaban J connectivity index is 1.72. The van der Waals surface area contributed by atoms with Crippen LogP contribution in [0.1, 0.15) is 23.3 Å². The van der Waals surface area contributed by atoms with Crippen molar-refractivity contribution in [3.63, 3.8) is 0 Å². The molecular weight excluding hydrogens is 354 g/mol. The Kier molecular flexibility index (Phi) is 4.47. The van der Waals surface area contributed by atoms with Gasteiger partial charge in [0.15, 0.2) is 5.82 Å². The first kappa shape index (κ1) is 18.0. The maximum absolute atomic E-state index is 13.4. The molecule has 0 spiro atoms. The Hall–Kier alpha value is -3.41. The molecule has 1 N–H and O–H groups in total. The fourth-order valence-corrected chi connectivity index (χ4v) is 3.95. The summed E-state index contributed by atoms with van der Waals surface area (Å²) >= 11 is 0. The Morgan fingerprint density at radius 3 is 2.57 bits per heavy atom. The highest BCUT2D eigenvalue weighted by Crippen LogP contribution is 2.45. The zero-order valence-electron chi connectivity index (χ0n) is 15.8. The first-order valence-corrected chi connectivity index (χ1v) is 9.14. The first-order valence-electron chi connectivity index (χ1n) is 9.14. The van der Waals surface area contributed by atoms with Crippen LogP contribution in [0.25, 0.3) is 0 Å². The summed E-state index contributed by atoms with van der Waals surface area (Å²) in [6, 6.07) is 19.1. The molecule has 1 aliphatic rings. The normalized spacial score (nSPS) is 18.2. The third-order valence-corrected chi connectivity index (χ3v) is 5.20. The van der Waals surface area contributed by atoms with Gasteiger partial charge in [0.2, 0.25) is 11.8 Å². The van der Waals surface area contributed by atoms with E-state index in [0.717, 1.165) is 16.8 Å². The van der Waals surface area contributed by atoms with Gasteiger partial charge in [-0.05, 0) is 30.5 Å². The van der Waals surface area contributed by atoms with Gasteiger partial charge in [-0.2, -0.15) is 0 Å².